The minimum absolute atomic E-state index is 0.175. The molecule has 1 N–H and O–H groups in total. The minimum Gasteiger partial charge on any atom is -0.380 e. The maximum Gasteiger partial charge on any atom is 0.223 e. The summed E-state index contributed by atoms with van der Waals surface area (Å²) in [6, 6.07) is 1.17. The highest BCUT2D eigenvalue weighted by molar-refractivity contribution is 5.81. The first-order chi connectivity index (χ1) is 9.83. The Kier molecular flexibility index (Phi) is 3.44. The highest BCUT2D eigenvalue weighted by Gasteiger charge is 2.48. The third-order valence-electron chi connectivity index (χ3n) is 5.21. The lowest BCUT2D eigenvalue weighted by Gasteiger charge is -2.34. The first-order valence-corrected chi connectivity index (χ1v) is 8.08. The molecular weight excluding hydrogens is 256 g/mol. The van der Waals surface area contributed by atoms with E-state index in [2.05, 4.69) is 10.2 Å². The number of hydrogen-bond acceptors (Lipinski definition) is 4. The van der Waals surface area contributed by atoms with E-state index in [1.165, 1.54) is 6.42 Å². The van der Waals surface area contributed by atoms with Crippen LogP contribution in [0.5, 0.6) is 0 Å². The van der Waals surface area contributed by atoms with Gasteiger partial charge in [0, 0.05) is 37.8 Å². The van der Waals surface area contributed by atoms with Crippen molar-refractivity contribution in [1.29, 1.82) is 0 Å². The molecule has 3 heterocycles. The van der Waals surface area contributed by atoms with Crippen molar-refractivity contribution in [2.45, 2.75) is 56.3 Å². The molecule has 0 spiro atoms. The van der Waals surface area contributed by atoms with E-state index in [0.29, 0.717) is 12.1 Å². The molecular formula is C15H24N2O3. The van der Waals surface area contributed by atoms with Gasteiger partial charge in [0.15, 0.2) is 0 Å². The average Bonchev–Trinajstić information content (AvgIpc) is 3.07. The Morgan fingerprint density at radius 1 is 1.15 bits per heavy atom. The zero-order valence-corrected chi connectivity index (χ0v) is 11.9. The molecule has 1 aliphatic carbocycles. The number of rotatable bonds is 3. The molecule has 112 valence electrons. The quantitative estimate of drug-likeness (QED) is 0.819. The molecule has 3 aliphatic heterocycles. The third-order valence-corrected chi connectivity index (χ3v) is 5.21. The normalized spacial score (nSPS) is 41.6. The van der Waals surface area contributed by atoms with Crippen LogP contribution in [0.15, 0.2) is 0 Å². The van der Waals surface area contributed by atoms with Crippen LogP contribution in [-0.2, 0) is 14.3 Å². The van der Waals surface area contributed by atoms with Crippen LogP contribution in [0.25, 0.3) is 0 Å². The molecule has 5 heteroatoms. The molecule has 1 amide bonds. The lowest BCUT2D eigenvalue weighted by atomic mass is 10.00. The SMILES string of the molecule is O=C(N[C@@H]1CN(C2CCOC2)[C@@H]2CCCO[C@@H]21)C1CC1. The van der Waals surface area contributed by atoms with E-state index >= 15 is 0 Å². The Bertz CT molecular complexity index is 379. The number of carbonyl (C=O) groups excluding carboxylic acids is 1. The van der Waals surface area contributed by atoms with Crippen LogP contribution in [0.4, 0.5) is 0 Å². The van der Waals surface area contributed by atoms with Crippen molar-refractivity contribution in [3.8, 4) is 0 Å². The summed E-state index contributed by atoms with van der Waals surface area (Å²) in [5.41, 5.74) is 0. The summed E-state index contributed by atoms with van der Waals surface area (Å²) in [4.78, 5) is 14.6. The number of nitrogens with zero attached hydrogens (tertiary/aromatic N) is 1. The van der Waals surface area contributed by atoms with Crippen LogP contribution in [-0.4, -0.2) is 61.4 Å². The second-order valence-electron chi connectivity index (χ2n) is 6.65. The van der Waals surface area contributed by atoms with Crippen LogP contribution >= 0.6 is 0 Å². The number of nitrogens with one attached hydrogen (secondary N) is 1. The zero-order valence-electron chi connectivity index (χ0n) is 11.9. The van der Waals surface area contributed by atoms with Gasteiger partial charge in [-0.3, -0.25) is 9.69 Å². The number of amides is 1. The Morgan fingerprint density at radius 3 is 2.80 bits per heavy atom. The lowest BCUT2D eigenvalue weighted by molar-refractivity contribution is -0.124. The van der Waals surface area contributed by atoms with Gasteiger partial charge in [-0.1, -0.05) is 0 Å². The van der Waals surface area contributed by atoms with Crippen LogP contribution in [0.2, 0.25) is 0 Å². The molecule has 4 aliphatic rings. The highest BCUT2D eigenvalue weighted by atomic mass is 16.5. The zero-order chi connectivity index (χ0) is 13.5. The average molecular weight is 280 g/mol. The molecule has 0 aromatic heterocycles. The van der Waals surface area contributed by atoms with Crippen LogP contribution < -0.4 is 5.32 Å². The molecule has 3 saturated heterocycles. The summed E-state index contributed by atoms with van der Waals surface area (Å²) in [5, 5.41) is 3.25. The molecule has 0 bridgehead atoms. The maximum atomic E-state index is 12.1. The summed E-state index contributed by atoms with van der Waals surface area (Å²) in [6.07, 6.45) is 5.76. The molecule has 4 atom stereocenters. The minimum atomic E-state index is 0.175. The summed E-state index contributed by atoms with van der Waals surface area (Å²) in [6.45, 7) is 3.48. The smallest absolute Gasteiger partial charge is 0.223 e. The number of ether oxygens (including phenoxy) is 2. The fourth-order valence-electron chi connectivity index (χ4n) is 3.97. The van der Waals surface area contributed by atoms with Gasteiger partial charge in [-0.2, -0.15) is 0 Å². The number of hydrogen-bond donors (Lipinski definition) is 1. The topological polar surface area (TPSA) is 50.8 Å². The molecule has 0 aromatic rings. The predicted octanol–water partition coefficient (Wildman–Crippen LogP) is 0.533. The Balaban J connectivity index is 1.46. The van der Waals surface area contributed by atoms with Gasteiger partial charge in [-0.05, 0) is 32.1 Å². The monoisotopic (exact) mass is 280 g/mol. The van der Waals surface area contributed by atoms with Gasteiger partial charge in [0.25, 0.3) is 0 Å². The second-order valence-corrected chi connectivity index (χ2v) is 6.65. The van der Waals surface area contributed by atoms with E-state index in [0.717, 1.165) is 52.0 Å². The molecule has 20 heavy (non-hydrogen) atoms. The summed E-state index contributed by atoms with van der Waals surface area (Å²) in [5.74, 6) is 0.522. The van der Waals surface area contributed by atoms with Gasteiger partial charge in [-0.15, -0.1) is 0 Å². The largest absolute Gasteiger partial charge is 0.380 e. The number of fused-ring (bicyclic) bond motifs is 1. The molecule has 0 radical (unpaired) electrons. The van der Waals surface area contributed by atoms with Crippen LogP contribution in [0.3, 0.4) is 0 Å². The molecule has 4 rings (SSSR count). The van der Waals surface area contributed by atoms with Crippen molar-refractivity contribution in [2.75, 3.05) is 26.4 Å². The van der Waals surface area contributed by atoms with Gasteiger partial charge in [0.2, 0.25) is 5.91 Å². The van der Waals surface area contributed by atoms with E-state index in [1.807, 2.05) is 0 Å². The van der Waals surface area contributed by atoms with Gasteiger partial charge >= 0.3 is 0 Å². The molecule has 5 nitrogen and oxygen atoms in total. The molecule has 1 saturated carbocycles. The van der Waals surface area contributed by atoms with E-state index < -0.39 is 0 Å². The molecule has 1 unspecified atom stereocenters. The van der Waals surface area contributed by atoms with Crippen molar-refractivity contribution < 1.29 is 14.3 Å². The lowest BCUT2D eigenvalue weighted by Crippen LogP contribution is -2.48. The summed E-state index contributed by atoms with van der Waals surface area (Å²) >= 11 is 0. The first kappa shape index (κ1) is 13.0. The molecule has 4 fully saturated rings. The van der Waals surface area contributed by atoms with Crippen molar-refractivity contribution >= 4 is 5.91 Å². The maximum absolute atomic E-state index is 12.1. The van der Waals surface area contributed by atoms with Gasteiger partial charge in [0.05, 0.1) is 18.8 Å². The van der Waals surface area contributed by atoms with Crippen molar-refractivity contribution in [2.24, 2.45) is 5.92 Å². The van der Waals surface area contributed by atoms with Crippen molar-refractivity contribution in [3.63, 3.8) is 0 Å². The second kappa shape index (κ2) is 5.28. The summed E-state index contributed by atoms with van der Waals surface area (Å²) < 4.78 is 11.6. The fourth-order valence-corrected chi connectivity index (χ4v) is 3.97. The molecule has 0 aromatic carbocycles. The van der Waals surface area contributed by atoms with Crippen molar-refractivity contribution in [3.05, 3.63) is 0 Å². The number of likely N-dealkylation sites (tertiary alicyclic amines) is 1. The summed E-state index contributed by atoms with van der Waals surface area (Å²) in [7, 11) is 0. The van der Waals surface area contributed by atoms with E-state index in [9.17, 15) is 4.79 Å². The van der Waals surface area contributed by atoms with E-state index in [1.54, 1.807) is 0 Å². The van der Waals surface area contributed by atoms with Crippen LogP contribution in [0.1, 0.15) is 32.1 Å². The third kappa shape index (κ3) is 2.36. The van der Waals surface area contributed by atoms with Crippen LogP contribution in [0, 0.1) is 5.92 Å². The first-order valence-electron chi connectivity index (χ1n) is 8.08. The van der Waals surface area contributed by atoms with E-state index in [4.69, 9.17) is 9.47 Å². The Labute approximate surface area is 120 Å². The van der Waals surface area contributed by atoms with Gasteiger partial charge in [-0.25, -0.2) is 0 Å². The van der Waals surface area contributed by atoms with Gasteiger partial charge in [0.1, 0.15) is 0 Å². The van der Waals surface area contributed by atoms with Gasteiger partial charge < -0.3 is 14.8 Å². The van der Waals surface area contributed by atoms with E-state index in [-0.39, 0.29) is 24.0 Å². The fraction of sp³-hybridized carbons (Fsp3) is 0.933. The van der Waals surface area contributed by atoms with Crippen molar-refractivity contribution in [1.82, 2.24) is 10.2 Å². The predicted molar refractivity (Wildman–Crippen MR) is 73.3 cm³/mol. The standard InChI is InChI=1S/C15H24N2O3/c18-15(10-3-4-10)16-12-8-17(11-5-7-19-9-11)13-2-1-6-20-14(12)13/h10-14H,1-9H2,(H,16,18)/t11?,12-,13-,14-/m1/s1. The Morgan fingerprint density at radius 2 is 2.05 bits per heavy atom. The number of carbonyl (C=O) groups is 1. The Hall–Kier alpha value is -0.650. The highest BCUT2D eigenvalue weighted by Crippen LogP contribution is 2.34.